The van der Waals surface area contributed by atoms with Gasteiger partial charge in [0.25, 0.3) is 0 Å². The number of unbranched alkanes of at least 4 members (excludes halogenated alkanes) is 8. The van der Waals surface area contributed by atoms with Crippen molar-refractivity contribution in [2.45, 2.75) is 183 Å². The average molecular weight is 563 g/mol. The molecule has 0 amide bonds. The molecule has 236 valence electrons. The van der Waals surface area contributed by atoms with Gasteiger partial charge in [-0.1, -0.05) is 105 Å². The fraction of sp³-hybridized carbons (Fsp3) is 0.838. The second kappa shape index (κ2) is 22.5. The predicted molar refractivity (Wildman–Crippen MR) is 177 cm³/mol. The van der Waals surface area contributed by atoms with Crippen molar-refractivity contribution in [3.8, 4) is 0 Å². The molecule has 0 saturated heterocycles. The summed E-state index contributed by atoms with van der Waals surface area (Å²) in [6.45, 7) is 16.1. The third kappa shape index (κ3) is 17.0. The monoisotopic (exact) mass is 563 g/mol. The lowest BCUT2D eigenvalue weighted by atomic mass is 9.84. The number of rotatable bonds is 23. The minimum Gasteiger partial charge on any atom is -0.493 e. The van der Waals surface area contributed by atoms with Gasteiger partial charge in [0.15, 0.2) is 0 Å². The molecule has 3 nitrogen and oxygen atoms in total. The molecule has 1 aliphatic rings. The van der Waals surface area contributed by atoms with E-state index in [1.165, 1.54) is 74.5 Å². The summed E-state index contributed by atoms with van der Waals surface area (Å²) < 4.78 is 6.34. The lowest BCUT2D eigenvalue weighted by molar-refractivity contribution is 0.0374. The third-order valence-corrected chi connectivity index (χ3v) is 8.88. The SMILES string of the molecule is C.CCCCCCCCOC1=C(C)C(C)C(O)C=C1CCC(C)CC/C=C(\C)CCCC(C)(O)CCCCCC. The topological polar surface area (TPSA) is 49.7 Å². The normalized spacial score (nSPS) is 20.1. The second-order valence-electron chi connectivity index (χ2n) is 13.0. The van der Waals surface area contributed by atoms with Crippen LogP contribution in [0.1, 0.15) is 171 Å². The van der Waals surface area contributed by atoms with Crippen LogP contribution in [-0.2, 0) is 4.74 Å². The van der Waals surface area contributed by atoms with Gasteiger partial charge in [-0.25, -0.2) is 0 Å². The molecule has 0 aromatic carbocycles. The van der Waals surface area contributed by atoms with Gasteiger partial charge in [0.2, 0.25) is 0 Å². The summed E-state index contributed by atoms with van der Waals surface area (Å²) in [7, 11) is 0. The summed E-state index contributed by atoms with van der Waals surface area (Å²) >= 11 is 0. The molecule has 3 heteroatoms. The van der Waals surface area contributed by atoms with Crippen molar-refractivity contribution in [1.82, 2.24) is 0 Å². The molecule has 0 aromatic rings. The summed E-state index contributed by atoms with van der Waals surface area (Å²) in [5.74, 6) is 1.82. The molecule has 1 aliphatic carbocycles. The molecule has 0 aliphatic heterocycles. The highest BCUT2D eigenvalue weighted by Gasteiger charge is 2.26. The van der Waals surface area contributed by atoms with Gasteiger partial charge in [-0.15, -0.1) is 0 Å². The Morgan fingerprint density at radius 1 is 0.975 bits per heavy atom. The van der Waals surface area contributed by atoms with E-state index in [4.69, 9.17) is 4.74 Å². The molecular formula is C37H70O3. The van der Waals surface area contributed by atoms with Crippen LogP contribution in [-0.4, -0.2) is 28.5 Å². The van der Waals surface area contributed by atoms with Gasteiger partial charge >= 0.3 is 0 Å². The summed E-state index contributed by atoms with van der Waals surface area (Å²) in [5, 5.41) is 21.2. The van der Waals surface area contributed by atoms with Crippen LogP contribution in [0.25, 0.3) is 0 Å². The van der Waals surface area contributed by atoms with Gasteiger partial charge < -0.3 is 14.9 Å². The van der Waals surface area contributed by atoms with Gasteiger partial charge in [-0.05, 0) is 102 Å². The zero-order valence-corrected chi connectivity index (χ0v) is 27.1. The van der Waals surface area contributed by atoms with Crippen molar-refractivity contribution >= 4 is 0 Å². The zero-order chi connectivity index (χ0) is 29.1. The predicted octanol–water partition coefficient (Wildman–Crippen LogP) is 11.2. The number of hydrogen-bond acceptors (Lipinski definition) is 3. The van der Waals surface area contributed by atoms with Crippen LogP contribution in [0.3, 0.4) is 0 Å². The lowest BCUT2D eigenvalue weighted by Gasteiger charge is -2.29. The molecule has 4 atom stereocenters. The third-order valence-electron chi connectivity index (χ3n) is 8.88. The van der Waals surface area contributed by atoms with Crippen molar-refractivity contribution in [2.75, 3.05) is 6.61 Å². The Balaban J connectivity index is 0.0000152. The van der Waals surface area contributed by atoms with Crippen molar-refractivity contribution in [3.63, 3.8) is 0 Å². The first kappa shape index (κ1) is 38.9. The molecule has 2 N–H and O–H groups in total. The molecule has 0 spiro atoms. The molecule has 1 rings (SSSR count). The molecule has 0 fully saturated rings. The van der Waals surface area contributed by atoms with E-state index in [1.807, 2.05) is 6.92 Å². The first-order valence-corrected chi connectivity index (χ1v) is 16.7. The highest BCUT2D eigenvalue weighted by atomic mass is 16.5. The molecule has 40 heavy (non-hydrogen) atoms. The summed E-state index contributed by atoms with van der Waals surface area (Å²) in [6.07, 6.45) is 25.0. The number of aliphatic hydroxyl groups is 2. The number of hydrogen-bond donors (Lipinski definition) is 2. The largest absolute Gasteiger partial charge is 0.493 e. The molecule has 0 heterocycles. The van der Waals surface area contributed by atoms with E-state index < -0.39 is 11.7 Å². The van der Waals surface area contributed by atoms with Crippen LogP contribution in [0.15, 0.2) is 34.6 Å². The van der Waals surface area contributed by atoms with E-state index >= 15 is 0 Å². The minimum absolute atomic E-state index is 0. The number of ether oxygens (including phenoxy) is 1. The van der Waals surface area contributed by atoms with Gasteiger partial charge in [0, 0.05) is 5.92 Å². The Hall–Kier alpha value is -1.06. The average Bonchev–Trinajstić information content (AvgIpc) is 2.89. The Bertz CT molecular complexity index is 730. The molecule has 0 bridgehead atoms. The maximum absolute atomic E-state index is 10.7. The Labute approximate surface area is 251 Å². The maximum Gasteiger partial charge on any atom is 0.121 e. The van der Waals surface area contributed by atoms with Gasteiger partial charge in [-0.2, -0.15) is 0 Å². The highest BCUT2D eigenvalue weighted by molar-refractivity contribution is 5.37. The Morgan fingerprint density at radius 2 is 1.57 bits per heavy atom. The van der Waals surface area contributed by atoms with Gasteiger partial charge in [0.1, 0.15) is 5.76 Å². The van der Waals surface area contributed by atoms with Crippen LogP contribution in [0.4, 0.5) is 0 Å². The van der Waals surface area contributed by atoms with E-state index in [0.717, 1.165) is 70.2 Å². The van der Waals surface area contributed by atoms with Crippen molar-refractivity contribution in [2.24, 2.45) is 11.8 Å². The highest BCUT2D eigenvalue weighted by Crippen LogP contribution is 2.34. The van der Waals surface area contributed by atoms with Crippen LogP contribution < -0.4 is 0 Å². The summed E-state index contributed by atoms with van der Waals surface area (Å²) in [5.41, 5.74) is 3.37. The van der Waals surface area contributed by atoms with E-state index in [0.29, 0.717) is 5.92 Å². The van der Waals surface area contributed by atoms with E-state index in [9.17, 15) is 10.2 Å². The molecular weight excluding hydrogens is 492 g/mol. The quantitative estimate of drug-likeness (QED) is 0.0961. The zero-order valence-electron chi connectivity index (χ0n) is 27.1. The smallest absolute Gasteiger partial charge is 0.121 e. The van der Waals surface area contributed by atoms with Crippen molar-refractivity contribution in [3.05, 3.63) is 34.6 Å². The molecule has 4 unspecified atom stereocenters. The second-order valence-corrected chi connectivity index (χ2v) is 13.0. The number of allylic oxidation sites excluding steroid dienone is 3. The van der Waals surface area contributed by atoms with Crippen LogP contribution in [0.2, 0.25) is 0 Å². The van der Waals surface area contributed by atoms with Crippen molar-refractivity contribution < 1.29 is 14.9 Å². The van der Waals surface area contributed by atoms with Crippen molar-refractivity contribution in [1.29, 1.82) is 0 Å². The minimum atomic E-state index is -0.508. The van der Waals surface area contributed by atoms with E-state index in [2.05, 4.69) is 53.7 Å². The Kier molecular flexibility index (Phi) is 21.9. The van der Waals surface area contributed by atoms with Gasteiger partial charge in [-0.3, -0.25) is 0 Å². The fourth-order valence-electron chi connectivity index (χ4n) is 5.67. The fourth-order valence-corrected chi connectivity index (χ4v) is 5.67. The maximum atomic E-state index is 10.7. The first-order valence-electron chi connectivity index (χ1n) is 16.7. The van der Waals surface area contributed by atoms with E-state index in [-0.39, 0.29) is 13.3 Å². The molecule has 0 saturated carbocycles. The lowest BCUT2D eigenvalue weighted by Crippen LogP contribution is -2.23. The van der Waals surface area contributed by atoms with Crippen LogP contribution in [0.5, 0.6) is 0 Å². The Morgan fingerprint density at radius 3 is 2.25 bits per heavy atom. The molecule has 0 radical (unpaired) electrons. The number of aliphatic hydroxyl groups excluding tert-OH is 1. The summed E-state index contributed by atoms with van der Waals surface area (Å²) in [4.78, 5) is 0. The summed E-state index contributed by atoms with van der Waals surface area (Å²) in [6, 6.07) is 0. The molecule has 0 aromatic heterocycles. The first-order chi connectivity index (χ1) is 18.6. The van der Waals surface area contributed by atoms with Gasteiger partial charge in [0.05, 0.1) is 18.3 Å². The van der Waals surface area contributed by atoms with E-state index in [1.54, 1.807) is 0 Å². The standard InChI is InChI=1S/C36H66O3.CH4/c1-8-10-12-14-15-17-27-39-35-32(6)31(5)34(37)28-33(35)24-23-30(4)21-18-20-29(3)22-19-26-36(7,38)25-16-13-11-9-2;/h20,28,30-31,34,37-38H,8-19,21-27H2,1-7H3;1H4/b29-20+;. The van der Waals surface area contributed by atoms with Crippen LogP contribution in [0, 0.1) is 11.8 Å². The van der Waals surface area contributed by atoms with Crippen LogP contribution >= 0.6 is 0 Å².